The molecule has 1 amide bonds. The predicted molar refractivity (Wildman–Crippen MR) is 117 cm³/mol. The number of hydrogen-bond donors (Lipinski definition) is 1. The first-order valence-electron chi connectivity index (χ1n) is 8.94. The Balaban J connectivity index is 1.99. The number of benzene rings is 2. The van der Waals surface area contributed by atoms with E-state index >= 15 is 0 Å². The highest BCUT2D eigenvalue weighted by Crippen LogP contribution is 2.28. The summed E-state index contributed by atoms with van der Waals surface area (Å²) in [6.07, 6.45) is 0.687. The fourth-order valence-corrected chi connectivity index (χ4v) is 4.01. The van der Waals surface area contributed by atoms with Gasteiger partial charge >= 0.3 is 0 Å². The van der Waals surface area contributed by atoms with Crippen molar-refractivity contribution in [2.75, 3.05) is 26.0 Å². The Bertz CT molecular complexity index is 1010. The third kappa shape index (κ3) is 6.09. The molecule has 2 rings (SSSR count). The largest absolute Gasteiger partial charge is 0.492 e. The fourth-order valence-electron chi connectivity index (χ4n) is 2.54. The number of amides is 1. The molecule has 0 saturated heterocycles. The van der Waals surface area contributed by atoms with E-state index in [9.17, 15) is 13.2 Å². The van der Waals surface area contributed by atoms with Crippen LogP contribution in [0.3, 0.4) is 0 Å². The van der Waals surface area contributed by atoms with E-state index in [0.717, 1.165) is 15.4 Å². The van der Waals surface area contributed by atoms with E-state index < -0.39 is 10.0 Å². The number of halogens is 2. The van der Waals surface area contributed by atoms with Crippen LogP contribution in [0.4, 0.5) is 5.69 Å². The van der Waals surface area contributed by atoms with Crippen LogP contribution in [0, 0.1) is 13.8 Å². The molecule has 9 heteroatoms. The molecule has 6 nitrogen and oxygen atoms in total. The van der Waals surface area contributed by atoms with Gasteiger partial charge in [0.05, 0.1) is 16.5 Å². The van der Waals surface area contributed by atoms with Gasteiger partial charge in [-0.05, 0) is 61.7 Å². The van der Waals surface area contributed by atoms with E-state index in [0.29, 0.717) is 34.5 Å². The molecule has 0 heterocycles. The van der Waals surface area contributed by atoms with Gasteiger partial charge in [-0.1, -0.05) is 23.2 Å². The second kappa shape index (κ2) is 9.80. The zero-order valence-corrected chi connectivity index (χ0v) is 19.1. The minimum absolute atomic E-state index is 0.140. The van der Waals surface area contributed by atoms with Gasteiger partial charge in [0.2, 0.25) is 15.9 Å². The van der Waals surface area contributed by atoms with Crippen LogP contribution in [0.25, 0.3) is 0 Å². The SMILES string of the molecule is Cc1cc(S(=O)(=O)N(C)C)cc(NC(=O)CCCOc2ccc(Cl)cc2Cl)c1C. The Morgan fingerprint density at radius 3 is 2.45 bits per heavy atom. The van der Waals surface area contributed by atoms with Crippen molar-refractivity contribution in [2.45, 2.75) is 31.6 Å². The Morgan fingerprint density at radius 2 is 1.83 bits per heavy atom. The van der Waals surface area contributed by atoms with Gasteiger partial charge in [-0.25, -0.2) is 12.7 Å². The van der Waals surface area contributed by atoms with Gasteiger partial charge in [0, 0.05) is 31.2 Å². The minimum Gasteiger partial charge on any atom is -0.492 e. The van der Waals surface area contributed by atoms with Crippen molar-refractivity contribution in [1.29, 1.82) is 0 Å². The van der Waals surface area contributed by atoms with Gasteiger partial charge in [0.1, 0.15) is 5.75 Å². The van der Waals surface area contributed by atoms with E-state index in [4.69, 9.17) is 27.9 Å². The fraction of sp³-hybridized carbons (Fsp3) is 0.350. The number of nitrogens with zero attached hydrogens (tertiary/aromatic N) is 1. The first-order valence-corrected chi connectivity index (χ1v) is 11.1. The molecule has 0 aliphatic heterocycles. The average molecular weight is 459 g/mol. The van der Waals surface area contributed by atoms with Crippen molar-refractivity contribution in [3.8, 4) is 5.75 Å². The van der Waals surface area contributed by atoms with Crippen LogP contribution in [-0.2, 0) is 14.8 Å². The number of sulfonamides is 1. The summed E-state index contributed by atoms with van der Waals surface area (Å²) in [7, 11) is -0.657. The number of rotatable bonds is 8. The van der Waals surface area contributed by atoms with Crippen molar-refractivity contribution in [1.82, 2.24) is 4.31 Å². The Morgan fingerprint density at radius 1 is 1.14 bits per heavy atom. The summed E-state index contributed by atoms with van der Waals surface area (Å²) in [5.74, 6) is 0.280. The van der Waals surface area contributed by atoms with Crippen LogP contribution in [0.5, 0.6) is 5.75 Å². The Kier molecular flexibility index (Phi) is 7.94. The van der Waals surface area contributed by atoms with Gasteiger partial charge in [-0.15, -0.1) is 0 Å². The van der Waals surface area contributed by atoms with Crippen molar-refractivity contribution in [3.63, 3.8) is 0 Å². The molecule has 0 aliphatic rings. The summed E-state index contributed by atoms with van der Waals surface area (Å²) in [5.41, 5.74) is 2.08. The van der Waals surface area contributed by atoms with Crippen molar-refractivity contribution in [3.05, 3.63) is 51.5 Å². The van der Waals surface area contributed by atoms with Gasteiger partial charge < -0.3 is 10.1 Å². The molecule has 0 aliphatic carbocycles. The molecule has 1 N–H and O–H groups in total. The summed E-state index contributed by atoms with van der Waals surface area (Å²) in [5, 5.41) is 3.73. The smallest absolute Gasteiger partial charge is 0.242 e. The van der Waals surface area contributed by atoms with Crippen molar-refractivity contribution >= 4 is 44.8 Å². The highest BCUT2D eigenvalue weighted by Gasteiger charge is 2.20. The molecule has 29 heavy (non-hydrogen) atoms. The van der Waals surface area contributed by atoms with E-state index in [1.54, 1.807) is 24.3 Å². The van der Waals surface area contributed by atoms with Crippen LogP contribution < -0.4 is 10.1 Å². The summed E-state index contributed by atoms with van der Waals surface area (Å²) in [6.45, 7) is 3.95. The van der Waals surface area contributed by atoms with E-state index in [2.05, 4.69) is 5.32 Å². The molecule has 0 spiro atoms. The summed E-state index contributed by atoms with van der Waals surface area (Å²) >= 11 is 11.9. The number of ether oxygens (including phenoxy) is 1. The predicted octanol–water partition coefficient (Wildman–Crippen LogP) is 4.66. The zero-order chi connectivity index (χ0) is 21.8. The lowest BCUT2D eigenvalue weighted by molar-refractivity contribution is -0.116. The molecule has 0 radical (unpaired) electrons. The number of anilines is 1. The van der Waals surface area contributed by atoms with E-state index in [-0.39, 0.29) is 17.2 Å². The lowest BCUT2D eigenvalue weighted by atomic mass is 10.1. The van der Waals surface area contributed by atoms with Crippen molar-refractivity contribution < 1.29 is 17.9 Å². The summed E-state index contributed by atoms with van der Waals surface area (Å²) in [6, 6.07) is 8.03. The third-order valence-electron chi connectivity index (χ3n) is 4.39. The van der Waals surface area contributed by atoms with E-state index in [1.807, 2.05) is 13.8 Å². The third-order valence-corrected chi connectivity index (χ3v) is 6.72. The zero-order valence-electron chi connectivity index (χ0n) is 16.8. The van der Waals surface area contributed by atoms with Gasteiger partial charge in [0.15, 0.2) is 0 Å². The highest BCUT2D eigenvalue weighted by molar-refractivity contribution is 7.89. The lowest BCUT2D eigenvalue weighted by Gasteiger charge is -2.16. The van der Waals surface area contributed by atoms with Crippen LogP contribution >= 0.6 is 23.2 Å². The standard InChI is InChI=1S/C20H24Cl2N2O4S/c1-13-10-16(29(26,27)24(3)4)12-18(14(13)2)23-20(25)6-5-9-28-19-8-7-15(21)11-17(19)22/h7-8,10-12H,5-6,9H2,1-4H3,(H,23,25). The molecule has 0 fully saturated rings. The second-order valence-electron chi connectivity index (χ2n) is 6.78. The summed E-state index contributed by atoms with van der Waals surface area (Å²) in [4.78, 5) is 12.5. The monoisotopic (exact) mass is 458 g/mol. The molecule has 0 unspecified atom stereocenters. The minimum atomic E-state index is -3.59. The molecule has 158 valence electrons. The summed E-state index contributed by atoms with van der Waals surface area (Å²) < 4.78 is 31.5. The number of aryl methyl sites for hydroxylation is 1. The van der Waals surface area contributed by atoms with E-state index in [1.165, 1.54) is 20.2 Å². The maximum absolute atomic E-state index is 12.4. The first-order chi connectivity index (χ1) is 13.5. The molecule has 0 aromatic heterocycles. The molecule has 2 aromatic rings. The molecule has 0 bridgehead atoms. The first kappa shape index (κ1) is 23.5. The molecular weight excluding hydrogens is 435 g/mol. The average Bonchev–Trinajstić information content (AvgIpc) is 2.63. The quantitative estimate of drug-likeness (QED) is 0.583. The maximum atomic E-state index is 12.4. The van der Waals surface area contributed by atoms with Gasteiger partial charge in [0.25, 0.3) is 0 Å². The van der Waals surface area contributed by atoms with Crippen LogP contribution in [0.15, 0.2) is 35.2 Å². The molecular formula is C20H24Cl2N2O4S. The maximum Gasteiger partial charge on any atom is 0.242 e. The topological polar surface area (TPSA) is 75.7 Å². The molecule has 0 atom stereocenters. The van der Waals surface area contributed by atoms with Crippen LogP contribution in [0.2, 0.25) is 10.0 Å². The Labute approximate surface area is 181 Å². The van der Waals surface area contributed by atoms with Crippen LogP contribution in [-0.4, -0.2) is 39.3 Å². The Hall–Kier alpha value is -1.80. The number of carbonyl (C=O) groups is 1. The number of carbonyl (C=O) groups excluding carboxylic acids is 1. The second-order valence-corrected chi connectivity index (χ2v) is 9.77. The highest BCUT2D eigenvalue weighted by atomic mass is 35.5. The lowest BCUT2D eigenvalue weighted by Crippen LogP contribution is -2.23. The number of nitrogens with one attached hydrogen (secondary N) is 1. The molecule has 2 aromatic carbocycles. The van der Waals surface area contributed by atoms with Crippen LogP contribution in [0.1, 0.15) is 24.0 Å². The van der Waals surface area contributed by atoms with Gasteiger partial charge in [-0.2, -0.15) is 0 Å². The molecule has 0 saturated carbocycles. The number of hydrogen-bond acceptors (Lipinski definition) is 4. The van der Waals surface area contributed by atoms with Gasteiger partial charge in [-0.3, -0.25) is 4.79 Å². The van der Waals surface area contributed by atoms with Crippen molar-refractivity contribution in [2.24, 2.45) is 0 Å². The normalized spacial score (nSPS) is 11.6.